The van der Waals surface area contributed by atoms with Gasteiger partial charge in [-0.2, -0.15) is 0 Å². The standard InChI is InChI=1S/C13H21N3O.C9H13NO2.C4H6O6.ClH/c1-3-16(4-2)10-9-15-13(17)11-5-7-12(14)8-6-11;1-6(10)9(12)7-3-2-4-8(11)5-7;5-1(3(7)8)2(6)4(9)10;/h5-8H,3-4,9-10,14H2,1-2H3,(H,15,17);2-6,9,11-12H,10H2,1H3;1-2,5-6H,(H,7,8)(H,9,10);1H/t;6-,9-;;/m.0../s1. The van der Waals surface area contributed by atoms with E-state index in [0.717, 1.165) is 19.6 Å². The number of phenols is 1. The molecule has 0 radical (unpaired) electrons. The Morgan fingerprint density at radius 2 is 1.43 bits per heavy atom. The van der Waals surface area contributed by atoms with E-state index in [1.165, 1.54) is 6.07 Å². The van der Waals surface area contributed by atoms with Crippen molar-refractivity contribution in [1.29, 1.82) is 0 Å². The highest BCUT2D eigenvalue weighted by molar-refractivity contribution is 5.94. The number of aliphatic hydroxyl groups excluding tert-OH is 3. The summed E-state index contributed by atoms with van der Waals surface area (Å²) in [5.41, 5.74) is 13.0. The number of nitrogens with one attached hydrogen (secondary N) is 1. The van der Waals surface area contributed by atoms with Gasteiger partial charge in [0.2, 0.25) is 0 Å². The van der Waals surface area contributed by atoms with Crippen LogP contribution in [-0.4, -0.2) is 97.8 Å². The number of rotatable bonds is 11. The second-order valence-electron chi connectivity index (χ2n) is 8.37. The largest absolute Gasteiger partial charge is 0.508 e. The van der Waals surface area contributed by atoms with Crippen molar-refractivity contribution in [2.45, 2.75) is 45.1 Å². The first kappa shape index (κ1) is 38.7. The summed E-state index contributed by atoms with van der Waals surface area (Å²) < 4.78 is 0. The van der Waals surface area contributed by atoms with E-state index in [9.17, 15) is 19.5 Å². The second kappa shape index (κ2) is 20.4. The molecule has 0 aliphatic rings. The van der Waals surface area contributed by atoms with Crippen molar-refractivity contribution in [3.8, 4) is 5.75 Å². The van der Waals surface area contributed by atoms with Crippen LogP contribution in [0.25, 0.3) is 0 Å². The van der Waals surface area contributed by atoms with Crippen LogP contribution in [0.15, 0.2) is 48.5 Å². The van der Waals surface area contributed by atoms with E-state index >= 15 is 0 Å². The van der Waals surface area contributed by atoms with Gasteiger partial charge < -0.3 is 52.3 Å². The number of hydrogen-bond acceptors (Lipinski definition) is 10. The predicted molar refractivity (Wildman–Crippen MR) is 152 cm³/mol. The molecule has 2 unspecified atom stereocenters. The third-order valence-electron chi connectivity index (χ3n) is 5.30. The molecule has 1 amide bonds. The van der Waals surface area contributed by atoms with Crippen LogP contribution in [0.2, 0.25) is 0 Å². The Hall–Kier alpha value is -3.46. The minimum absolute atomic E-state index is 0. The molecule has 0 saturated heterocycles. The molecule has 0 aromatic heterocycles. The van der Waals surface area contributed by atoms with Gasteiger partial charge in [0.1, 0.15) is 5.75 Å². The maximum atomic E-state index is 11.7. The molecule has 226 valence electrons. The van der Waals surface area contributed by atoms with Gasteiger partial charge in [-0.25, -0.2) is 9.59 Å². The van der Waals surface area contributed by atoms with Gasteiger partial charge >= 0.3 is 11.9 Å². The Labute approximate surface area is 239 Å². The molecule has 0 fully saturated rings. The maximum absolute atomic E-state index is 11.7. The lowest BCUT2D eigenvalue weighted by atomic mass is 10.0. The number of carboxylic acids is 2. The molecule has 13 nitrogen and oxygen atoms in total. The number of anilines is 1. The number of amides is 1. The molecule has 4 atom stereocenters. The molecule has 0 saturated carbocycles. The number of nitrogens with two attached hydrogens (primary N) is 2. The summed E-state index contributed by atoms with van der Waals surface area (Å²) in [6.07, 6.45) is -5.24. The third-order valence-corrected chi connectivity index (χ3v) is 5.30. The van der Waals surface area contributed by atoms with Crippen LogP contribution in [0.3, 0.4) is 0 Å². The van der Waals surface area contributed by atoms with E-state index in [4.69, 9.17) is 37.0 Å². The van der Waals surface area contributed by atoms with Crippen molar-refractivity contribution in [2.75, 3.05) is 31.9 Å². The zero-order valence-corrected chi connectivity index (χ0v) is 23.5. The topological polar surface area (TPSA) is 240 Å². The van der Waals surface area contributed by atoms with Gasteiger partial charge in [0, 0.05) is 30.4 Å². The molecule has 40 heavy (non-hydrogen) atoms. The van der Waals surface area contributed by atoms with Crippen LogP contribution in [0.4, 0.5) is 5.69 Å². The van der Waals surface area contributed by atoms with Crippen LogP contribution in [0.5, 0.6) is 5.75 Å². The minimum atomic E-state index is -2.27. The Bertz CT molecular complexity index is 1000. The molecule has 0 spiro atoms. The number of aromatic hydroxyl groups is 1. The van der Waals surface area contributed by atoms with E-state index in [-0.39, 0.29) is 30.1 Å². The quantitative estimate of drug-likeness (QED) is 0.162. The lowest BCUT2D eigenvalue weighted by molar-refractivity contribution is -0.165. The van der Waals surface area contributed by atoms with E-state index in [2.05, 4.69) is 24.1 Å². The second-order valence-corrected chi connectivity index (χ2v) is 8.37. The number of carbonyl (C=O) groups is 3. The molecule has 14 heteroatoms. The first-order valence-corrected chi connectivity index (χ1v) is 12.1. The molecular formula is C26H41ClN4O9. The lowest BCUT2D eigenvalue weighted by Gasteiger charge is -2.17. The molecule has 2 aromatic carbocycles. The van der Waals surface area contributed by atoms with Gasteiger partial charge in [0.25, 0.3) is 5.91 Å². The van der Waals surface area contributed by atoms with Crippen molar-refractivity contribution in [2.24, 2.45) is 5.73 Å². The first-order chi connectivity index (χ1) is 18.2. The smallest absolute Gasteiger partial charge is 0.335 e. The van der Waals surface area contributed by atoms with Crippen LogP contribution in [0, 0.1) is 0 Å². The fraction of sp³-hybridized carbons (Fsp3) is 0.423. The average Bonchev–Trinajstić information content (AvgIpc) is 2.90. The number of nitrogens with zero attached hydrogens (tertiary/aromatic N) is 1. The number of halogens is 1. The molecule has 2 rings (SSSR count). The maximum Gasteiger partial charge on any atom is 0.335 e. The summed E-state index contributed by atoms with van der Waals surface area (Å²) in [4.78, 5) is 33.6. The highest BCUT2D eigenvalue weighted by atomic mass is 35.5. The summed E-state index contributed by atoms with van der Waals surface area (Å²) in [5, 5.41) is 54.0. The summed E-state index contributed by atoms with van der Waals surface area (Å²) in [7, 11) is 0. The summed E-state index contributed by atoms with van der Waals surface area (Å²) in [6.45, 7) is 9.52. The van der Waals surface area contributed by atoms with Crippen molar-refractivity contribution < 1.29 is 45.0 Å². The fourth-order valence-corrected chi connectivity index (χ4v) is 2.89. The SMILES string of the molecule is CCN(CC)CCNC(=O)c1ccc(N)cc1.C[C@H](N)[C@H](O)c1cccc(O)c1.Cl.O=C(O)C(O)C(O)C(=O)O. The average molecular weight is 589 g/mol. The number of aliphatic carboxylic acids is 2. The van der Waals surface area contributed by atoms with Crippen molar-refractivity contribution in [3.63, 3.8) is 0 Å². The Kier molecular flexibility index (Phi) is 19.8. The number of benzene rings is 2. The zero-order valence-electron chi connectivity index (χ0n) is 22.7. The molecule has 0 bridgehead atoms. The lowest BCUT2D eigenvalue weighted by Crippen LogP contribution is -2.39. The minimum Gasteiger partial charge on any atom is -0.508 e. The Balaban J connectivity index is 0. The van der Waals surface area contributed by atoms with Crippen LogP contribution >= 0.6 is 12.4 Å². The van der Waals surface area contributed by atoms with Gasteiger partial charge in [0.15, 0.2) is 12.2 Å². The number of likely N-dealkylation sites (N-methyl/N-ethyl adjacent to an activating group) is 1. The summed E-state index contributed by atoms with van der Waals surface area (Å²) in [6, 6.07) is 13.1. The number of aliphatic hydroxyl groups is 3. The molecule has 2 aromatic rings. The molecule has 0 heterocycles. The molecule has 0 aliphatic carbocycles. The number of carboxylic acid groups (broad SMARTS) is 2. The normalized spacial score (nSPS) is 13.1. The number of hydrogen-bond donors (Lipinski definition) is 9. The van der Waals surface area contributed by atoms with E-state index < -0.39 is 30.3 Å². The van der Waals surface area contributed by atoms with Crippen LogP contribution < -0.4 is 16.8 Å². The highest BCUT2D eigenvalue weighted by Gasteiger charge is 2.29. The number of carbonyl (C=O) groups excluding carboxylic acids is 1. The predicted octanol–water partition coefficient (Wildman–Crippen LogP) is 0.412. The molecular weight excluding hydrogens is 548 g/mol. The molecule has 11 N–H and O–H groups in total. The molecule has 0 aliphatic heterocycles. The van der Waals surface area contributed by atoms with Gasteiger partial charge in [0.05, 0.1) is 6.10 Å². The van der Waals surface area contributed by atoms with Gasteiger partial charge in [-0.3, -0.25) is 4.79 Å². The van der Waals surface area contributed by atoms with Crippen LogP contribution in [0.1, 0.15) is 42.8 Å². The van der Waals surface area contributed by atoms with E-state index in [0.29, 0.717) is 23.4 Å². The van der Waals surface area contributed by atoms with E-state index in [1.807, 2.05) is 0 Å². The van der Waals surface area contributed by atoms with Crippen molar-refractivity contribution >= 4 is 35.9 Å². The van der Waals surface area contributed by atoms with Gasteiger partial charge in [-0.1, -0.05) is 26.0 Å². The number of nitrogen functional groups attached to an aromatic ring is 1. The van der Waals surface area contributed by atoms with E-state index in [1.54, 1.807) is 49.4 Å². The zero-order chi connectivity index (χ0) is 30.1. The summed E-state index contributed by atoms with van der Waals surface area (Å²) in [5.74, 6) is -3.44. The van der Waals surface area contributed by atoms with Gasteiger partial charge in [-0.15, -0.1) is 12.4 Å². The highest BCUT2D eigenvalue weighted by Crippen LogP contribution is 2.19. The number of phenolic OH excluding ortho intramolecular Hbond substituents is 1. The fourth-order valence-electron chi connectivity index (χ4n) is 2.89. The van der Waals surface area contributed by atoms with Gasteiger partial charge in [-0.05, 0) is 62.0 Å². The monoisotopic (exact) mass is 588 g/mol. The van der Waals surface area contributed by atoms with Crippen molar-refractivity contribution in [3.05, 3.63) is 59.7 Å². The van der Waals surface area contributed by atoms with Crippen molar-refractivity contribution in [1.82, 2.24) is 10.2 Å². The Morgan fingerprint density at radius 3 is 1.82 bits per heavy atom. The Morgan fingerprint density at radius 1 is 0.925 bits per heavy atom. The van der Waals surface area contributed by atoms with Crippen LogP contribution in [-0.2, 0) is 9.59 Å². The third kappa shape index (κ3) is 15.2. The summed E-state index contributed by atoms with van der Waals surface area (Å²) >= 11 is 0. The first-order valence-electron chi connectivity index (χ1n) is 12.1.